The van der Waals surface area contributed by atoms with Crippen LogP contribution < -0.4 is 0 Å². The van der Waals surface area contributed by atoms with Gasteiger partial charge in [-0.1, -0.05) is 17.7 Å². The quantitative estimate of drug-likeness (QED) is 0.703. The summed E-state index contributed by atoms with van der Waals surface area (Å²) in [5.41, 5.74) is 0. The normalized spacial score (nSPS) is 11.7. The molecule has 1 heterocycles. The Bertz CT molecular complexity index is 568. The second kappa shape index (κ2) is 7.78. The number of nitrogens with zero attached hydrogens (tertiary/aromatic N) is 1. The molecule has 0 aliphatic heterocycles. The van der Waals surface area contributed by atoms with E-state index in [1.807, 2.05) is 0 Å². The highest BCUT2D eigenvalue weighted by Crippen LogP contribution is 2.23. The van der Waals surface area contributed by atoms with Gasteiger partial charge < -0.3 is 5.11 Å². The highest BCUT2D eigenvalue weighted by Gasteiger charge is 2.21. The van der Waals surface area contributed by atoms with E-state index in [1.54, 1.807) is 12.1 Å². The topological polar surface area (TPSA) is 74.7 Å². The number of rotatable bonds is 9. The highest BCUT2D eigenvalue weighted by molar-refractivity contribution is 7.89. The van der Waals surface area contributed by atoms with Crippen molar-refractivity contribution in [2.24, 2.45) is 0 Å². The molecule has 1 N–H and O–H groups in total. The number of sulfonamides is 1. The second-order valence-electron chi connectivity index (χ2n) is 4.10. The predicted molar refractivity (Wildman–Crippen MR) is 80.6 cm³/mol. The molecule has 0 bridgehead atoms. The van der Waals surface area contributed by atoms with Crippen LogP contribution in [0.4, 0.5) is 0 Å². The van der Waals surface area contributed by atoms with Crippen molar-refractivity contribution in [1.82, 2.24) is 4.31 Å². The Balaban J connectivity index is 2.72. The molecule has 0 amide bonds. The lowest BCUT2D eigenvalue weighted by atomic mass is 10.3. The number of aliphatic carboxylic acids is 1. The van der Waals surface area contributed by atoms with Crippen LogP contribution in [0, 0.1) is 0 Å². The lowest BCUT2D eigenvalue weighted by Crippen LogP contribution is -2.32. The fourth-order valence-electron chi connectivity index (χ4n) is 1.57. The van der Waals surface area contributed by atoms with Gasteiger partial charge in [0, 0.05) is 24.4 Å². The minimum atomic E-state index is -3.51. The molecule has 112 valence electrons. The van der Waals surface area contributed by atoms with Gasteiger partial charge >= 0.3 is 5.97 Å². The second-order valence-corrected chi connectivity index (χ2v) is 7.99. The third kappa shape index (κ3) is 5.62. The zero-order valence-electron chi connectivity index (χ0n) is 10.8. The van der Waals surface area contributed by atoms with E-state index in [2.05, 4.69) is 6.58 Å². The van der Waals surface area contributed by atoms with E-state index in [0.29, 0.717) is 4.34 Å². The number of carboxylic acid groups (broad SMARTS) is 1. The first-order valence-corrected chi connectivity index (χ1v) is 8.70. The summed E-state index contributed by atoms with van der Waals surface area (Å²) in [6.07, 6.45) is 1.44. The third-order valence-electron chi connectivity index (χ3n) is 2.48. The summed E-state index contributed by atoms with van der Waals surface area (Å²) in [5.74, 6) is -1.19. The third-order valence-corrected chi connectivity index (χ3v) is 5.57. The van der Waals surface area contributed by atoms with Gasteiger partial charge in [0.15, 0.2) is 0 Å². The molecule has 1 aromatic heterocycles. The van der Waals surface area contributed by atoms with Gasteiger partial charge in [0.05, 0.1) is 10.1 Å². The molecule has 1 rings (SSSR count). The van der Waals surface area contributed by atoms with Crippen LogP contribution in [-0.4, -0.2) is 36.1 Å². The summed E-state index contributed by atoms with van der Waals surface area (Å²) < 4.78 is 26.2. The molecule has 0 saturated carbocycles. The maximum absolute atomic E-state index is 12.2. The van der Waals surface area contributed by atoms with Gasteiger partial charge in [0.1, 0.15) is 0 Å². The fourth-order valence-corrected chi connectivity index (χ4v) is 4.19. The summed E-state index contributed by atoms with van der Waals surface area (Å²) >= 11 is 7.14. The summed E-state index contributed by atoms with van der Waals surface area (Å²) in [7, 11) is -3.51. The Morgan fingerprint density at radius 3 is 2.70 bits per heavy atom. The number of thiophene rings is 1. The van der Waals surface area contributed by atoms with E-state index in [-0.39, 0.29) is 31.7 Å². The Labute approximate surface area is 127 Å². The van der Waals surface area contributed by atoms with Crippen LogP contribution in [0.15, 0.2) is 24.8 Å². The number of halogens is 1. The first kappa shape index (κ1) is 17.2. The molecule has 0 radical (unpaired) electrons. The zero-order valence-corrected chi connectivity index (χ0v) is 13.2. The molecule has 0 spiro atoms. The lowest BCUT2D eigenvalue weighted by molar-refractivity contribution is -0.137. The van der Waals surface area contributed by atoms with Crippen LogP contribution in [0.5, 0.6) is 0 Å². The SMILES string of the molecule is C=CCN(Cc1ccc(Cl)s1)S(=O)(=O)CCCC(=O)O. The van der Waals surface area contributed by atoms with Crippen LogP contribution in [0.1, 0.15) is 17.7 Å². The van der Waals surface area contributed by atoms with E-state index in [4.69, 9.17) is 16.7 Å². The first-order chi connectivity index (χ1) is 9.35. The van der Waals surface area contributed by atoms with Gasteiger partial charge in [0.25, 0.3) is 0 Å². The number of carbonyl (C=O) groups is 1. The van der Waals surface area contributed by atoms with Crippen molar-refractivity contribution in [2.75, 3.05) is 12.3 Å². The maximum atomic E-state index is 12.2. The summed E-state index contributed by atoms with van der Waals surface area (Å²) in [6, 6.07) is 3.49. The smallest absolute Gasteiger partial charge is 0.303 e. The number of carboxylic acids is 1. The van der Waals surface area contributed by atoms with Gasteiger partial charge in [-0.2, -0.15) is 4.31 Å². The van der Waals surface area contributed by atoms with Crippen molar-refractivity contribution in [3.8, 4) is 0 Å². The molecule has 0 aliphatic rings. The maximum Gasteiger partial charge on any atom is 0.303 e. The van der Waals surface area contributed by atoms with Gasteiger partial charge in [-0.3, -0.25) is 4.79 Å². The van der Waals surface area contributed by atoms with Crippen LogP contribution in [0.25, 0.3) is 0 Å². The number of hydrogen-bond donors (Lipinski definition) is 1. The largest absolute Gasteiger partial charge is 0.481 e. The van der Waals surface area contributed by atoms with Gasteiger partial charge in [-0.25, -0.2) is 8.42 Å². The average molecular weight is 338 g/mol. The first-order valence-electron chi connectivity index (χ1n) is 5.90. The standard InChI is InChI=1S/C12H16ClNO4S2/c1-2-7-14(9-10-5-6-11(13)19-10)20(17,18)8-3-4-12(15)16/h2,5-6H,1,3-4,7-9H2,(H,15,16). The molecule has 0 aliphatic carbocycles. The monoisotopic (exact) mass is 337 g/mol. The Morgan fingerprint density at radius 1 is 1.50 bits per heavy atom. The van der Waals surface area contributed by atoms with Gasteiger partial charge in [-0.15, -0.1) is 17.9 Å². The van der Waals surface area contributed by atoms with E-state index in [9.17, 15) is 13.2 Å². The molecule has 0 aromatic carbocycles. The van der Waals surface area contributed by atoms with Crippen LogP contribution in [-0.2, 0) is 21.4 Å². The summed E-state index contributed by atoms with van der Waals surface area (Å²) in [5, 5.41) is 8.55. The molecule has 0 atom stereocenters. The summed E-state index contributed by atoms with van der Waals surface area (Å²) in [6.45, 7) is 3.95. The van der Waals surface area contributed by atoms with E-state index >= 15 is 0 Å². The van der Waals surface area contributed by atoms with Crippen molar-refractivity contribution in [3.05, 3.63) is 34.0 Å². The van der Waals surface area contributed by atoms with E-state index < -0.39 is 16.0 Å². The Kier molecular flexibility index (Phi) is 6.67. The van der Waals surface area contributed by atoms with Gasteiger partial charge in [-0.05, 0) is 18.6 Å². The molecule has 0 unspecified atom stereocenters. The fraction of sp³-hybridized carbons (Fsp3) is 0.417. The van der Waals surface area contributed by atoms with Crippen LogP contribution in [0.3, 0.4) is 0 Å². The molecule has 20 heavy (non-hydrogen) atoms. The van der Waals surface area contributed by atoms with Crippen molar-refractivity contribution in [3.63, 3.8) is 0 Å². The minimum absolute atomic E-state index is 0.0938. The zero-order chi connectivity index (χ0) is 15.2. The predicted octanol–water partition coefficient (Wildman–Crippen LogP) is 2.58. The lowest BCUT2D eigenvalue weighted by Gasteiger charge is -2.19. The molecular weight excluding hydrogens is 322 g/mol. The molecule has 0 saturated heterocycles. The highest BCUT2D eigenvalue weighted by atomic mass is 35.5. The van der Waals surface area contributed by atoms with Gasteiger partial charge in [0.2, 0.25) is 10.0 Å². The van der Waals surface area contributed by atoms with Crippen molar-refractivity contribution in [1.29, 1.82) is 0 Å². The van der Waals surface area contributed by atoms with Crippen molar-refractivity contribution >= 4 is 38.9 Å². The molecule has 8 heteroatoms. The molecular formula is C12H16ClNO4S2. The molecule has 5 nitrogen and oxygen atoms in total. The Morgan fingerprint density at radius 2 is 2.20 bits per heavy atom. The van der Waals surface area contributed by atoms with Crippen LogP contribution in [0.2, 0.25) is 4.34 Å². The van der Waals surface area contributed by atoms with Crippen LogP contribution >= 0.6 is 22.9 Å². The Hall–Kier alpha value is -0.890. The molecule has 0 fully saturated rings. The summed E-state index contributed by atoms with van der Waals surface area (Å²) in [4.78, 5) is 11.3. The average Bonchev–Trinajstić information content (AvgIpc) is 2.73. The minimum Gasteiger partial charge on any atom is -0.481 e. The van der Waals surface area contributed by atoms with Crippen molar-refractivity contribution < 1.29 is 18.3 Å². The molecule has 1 aromatic rings. The van der Waals surface area contributed by atoms with E-state index in [1.165, 1.54) is 21.7 Å². The van der Waals surface area contributed by atoms with E-state index in [0.717, 1.165) is 4.88 Å². The number of hydrogen-bond acceptors (Lipinski definition) is 4. The van der Waals surface area contributed by atoms with Crippen molar-refractivity contribution in [2.45, 2.75) is 19.4 Å².